The predicted octanol–water partition coefficient (Wildman–Crippen LogP) is 5.84. The molecule has 0 spiro atoms. The van der Waals surface area contributed by atoms with E-state index in [1.165, 1.54) is 11.1 Å². The zero-order valence-electron chi connectivity index (χ0n) is 21.0. The topological polar surface area (TPSA) is 56.1 Å². The van der Waals surface area contributed by atoms with Crippen molar-refractivity contribution in [1.82, 2.24) is 14.9 Å². The van der Waals surface area contributed by atoms with Crippen LogP contribution in [0.4, 0.5) is 0 Å². The summed E-state index contributed by atoms with van der Waals surface area (Å²) in [5.74, 6) is 2.43. The predicted molar refractivity (Wildman–Crippen MR) is 142 cm³/mol. The fourth-order valence-electron chi connectivity index (χ4n) is 4.37. The number of benzene rings is 3. The number of imidazole rings is 1. The molecule has 1 heterocycles. The van der Waals surface area contributed by atoms with Gasteiger partial charge in [-0.05, 0) is 54.2 Å². The molecular formula is C30H35N3O2. The lowest BCUT2D eigenvalue weighted by Gasteiger charge is -2.15. The second-order valence-corrected chi connectivity index (χ2v) is 9.33. The summed E-state index contributed by atoms with van der Waals surface area (Å²) in [7, 11) is 0. The number of amides is 1. The lowest BCUT2D eigenvalue weighted by molar-refractivity contribution is -0.120. The van der Waals surface area contributed by atoms with E-state index in [9.17, 15) is 4.79 Å². The van der Waals surface area contributed by atoms with Gasteiger partial charge in [0.2, 0.25) is 5.91 Å². The monoisotopic (exact) mass is 469 g/mol. The molecule has 4 rings (SSSR count). The van der Waals surface area contributed by atoms with E-state index in [-0.39, 0.29) is 5.91 Å². The van der Waals surface area contributed by atoms with Crippen LogP contribution in [0.15, 0.2) is 72.8 Å². The summed E-state index contributed by atoms with van der Waals surface area (Å²) in [4.78, 5) is 17.2. The summed E-state index contributed by atoms with van der Waals surface area (Å²) in [6.07, 6.45) is 1.95. The van der Waals surface area contributed by atoms with E-state index >= 15 is 0 Å². The molecule has 0 aliphatic rings. The second-order valence-electron chi connectivity index (χ2n) is 9.33. The molecule has 182 valence electrons. The number of rotatable bonds is 11. The molecule has 35 heavy (non-hydrogen) atoms. The minimum atomic E-state index is 0.0337. The van der Waals surface area contributed by atoms with Gasteiger partial charge in [-0.15, -0.1) is 0 Å². The Morgan fingerprint density at radius 1 is 1.03 bits per heavy atom. The van der Waals surface area contributed by atoms with Crippen LogP contribution in [0.25, 0.3) is 11.0 Å². The first-order valence-corrected chi connectivity index (χ1v) is 12.5. The van der Waals surface area contributed by atoms with Crippen molar-refractivity contribution in [1.29, 1.82) is 0 Å². The summed E-state index contributed by atoms with van der Waals surface area (Å²) < 4.78 is 8.47. The van der Waals surface area contributed by atoms with Gasteiger partial charge < -0.3 is 14.6 Å². The lowest BCUT2D eigenvalue weighted by atomic mass is 10.0. The number of aromatic nitrogens is 2. The van der Waals surface area contributed by atoms with Crippen molar-refractivity contribution in [3.63, 3.8) is 0 Å². The Bertz CT molecular complexity index is 1260. The van der Waals surface area contributed by atoms with Crippen molar-refractivity contribution in [2.75, 3.05) is 13.2 Å². The Kier molecular flexibility index (Phi) is 8.19. The maximum absolute atomic E-state index is 12.3. The fourth-order valence-corrected chi connectivity index (χ4v) is 4.37. The third-order valence-corrected chi connectivity index (χ3v) is 6.19. The highest BCUT2D eigenvalue weighted by atomic mass is 16.5. The molecule has 0 aliphatic carbocycles. The Labute approximate surface area is 208 Å². The average Bonchev–Trinajstić information content (AvgIpc) is 3.19. The van der Waals surface area contributed by atoms with Crippen LogP contribution in [-0.4, -0.2) is 28.6 Å². The molecule has 0 saturated carbocycles. The number of nitrogens with zero attached hydrogens (tertiary/aromatic N) is 2. The minimum absolute atomic E-state index is 0.0337. The first kappa shape index (κ1) is 24.5. The van der Waals surface area contributed by atoms with E-state index in [1.54, 1.807) is 0 Å². The normalized spacial score (nSPS) is 11.2. The molecule has 1 N–H and O–H groups in total. The highest BCUT2D eigenvalue weighted by molar-refractivity contribution is 5.78. The summed E-state index contributed by atoms with van der Waals surface area (Å²) in [5.41, 5.74) is 5.58. The van der Waals surface area contributed by atoms with Crippen LogP contribution in [0.5, 0.6) is 5.75 Å². The molecule has 0 atom stereocenters. The number of para-hydroxylation sites is 2. The summed E-state index contributed by atoms with van der Waals surface area (Å²) in [6.45, 7) is 8.51. The molecule has 5 nitrogen and oxygen atoms in total. The molecule has 0 bridgehead atoms. The van der Waals surface area contributed by atoms with Gasteiger partial charge in [-0.2, -0.15) is 0 Å². The smallest absolute Gasteiger partial charge is 0.224 e. The molecule has 3 aromatic carbocycles. The maximum Gasteiger partial charge on any atom is 0.224 e. The van der Waals surface area contributed by atoms with Crippen LogP contribution >= 0.6 is 0 Å². The summed E-state index contributed by atoms with van der Waals surface area (Å²) in [6, 6.07) is 24.5. The van der Waals surface area contributed by atoms with Gasteiger partial charge in [0, 0.05) is 19.5 Å². The molecule has 0 radical (unpaired) electrons. The van der Waals surface area contributed by atoms with Crippen molar-refractivity contribution in [3.05, 3.63) is 95.3 Å². The molecule has 0 aliphatic heterocycles. The molecule has 1 amide bonds. The number of aryl methyl sites for hydroxylation is 2. The number of carbonyl (C=O) groups excluding carboxylic acids is 1. The van der Waals surface area contributed by atoms with Crippen molar-refractivity contribution in [2.45, 2.75) is 52.5 Å². The van der Waals surface area contributed by atoms with E-state index in [2.05, 4.69) is 54.9 Å². The van der Waals surface area contributed by atoms with Crippen molar-refractivity contribution >= 4 is 16.9 Å². The van der Waals surface area contributed by atoms with E-state index < -0.39 is 0 Å². The van der Waals surface area contributed by atoms with Gasteiger partial charge >= 0.3 is 0 Å². The fraction of sp³-hybridized carbons (Fsp3) is 0.333. The number of hydrogen-bond donors (Lipinski definition) is 1. The van der Waals surface area contributed by atoms with E-state index in [4.69, 9.17) is 9.72 Å². The van der Waals surface area contributed by atoms with Gasteiger partial charge in [-0.25, -0.2) is 4.98 Å². The lowest BCUT2D eigenvalue weighted by Crippen LogP contribution is -2.28. The molecule has 0 fully saturated rings. The van der Waals surface area contributed by atoms with Gasteiger partial charge in [0.15, 0.2) is 0 Å². The SMILES string of the molecule is Cc1ccc(C(C)C)c(OCCCn2c(CCNC(=O)Cc3ccccc3)nc3ccccc32)c1. The first-order chi connectivity index (χ1) is 17.0. The zero-order chi connectivity index (χ0) is 24.6. The first-order valence-electron chi connectivity index (χ1n) is 12.5. The van der Waals surface area contributed by atoms with Crippen LogP contribution in [0, 0.1) is 6.92 Å². The standard InChI is InChI=1S/C30H35N3O2/c1-22(2)25-15-14-23(3)20-28(25)35-19-9-18-33-27-13-8-7-12-26(27)32-29(33)16-17-31-30(34)21-24-10-5-4-6-11-24/h4-8,10-15,20,22H,9,16-19,21H2,1-3H3,(H,31,34). The van der Waals surface area contributed by atoms with Crippen LogP contribution in [0.1, 0.15) is 48.7 Å². The van der Waals surface area contributed by atoms with E-state index in [1.807, 2.05) is 48.5 Å². The quantitative estimate of drug-likeness (QED) is 0.281. The Balaban J connectivity index is 1.36. The van der Waals surface area contributed by atoms with Crippen LogP contribution < -0.4 is 10.1 Å². The van der Waals surface area contributed by atoms with Gasteiger partial charge in [0.25, 0.3) is 0 Å². The van der Waals surface area contributed by atoms with Crippen molar-refractivity contribution < 1.29 is 9.53 Å². The minimum Gasteiger partial charge on any atom is -0.493 e. The van der Waals surface area contributed by atoms with Crippen molar-refractivity contribution in [3.8, 4) is 5.75 Å². The Hall–Kier alpha value is -3.60. The summed E-state index contributed by atoms with van der Waals surface area (Å²) in [5, 5.41) is 3.05. The third-order valence-electron chi connectivity index (χ3n) is 6.19. The molecule has 1 aromatic heterocycles. The number of fused-ring (bicyclic) bond motifs is 1. The molecule has 0 saturated heterocycles. The summed E-state index contributed by atoms with van der Waals surface area (Å²) >= 11 is 0. The second kappa shape index (κ2) is 11.7. The van der Waals surface area contributed by atoms with Crippen LogP contribution in [-0.2, 0) is 24.2 Å². The van der Waals surface area contributed by atoms with Gasteiger partial charge in [-0.1, -0.05) is 68.4 Å². The van der Waals surface area contributed by atoms with Gasteiger partial charge in [0.1, 0.15) is 11.6 Å². The number of nitrogens with one attached hydrogen (secondary N) is 1. The molecule has 0 unspecified atom stereocenters. The Morgan fingerprint density at radius 2 is 1.80 bits per heavy atom. The Morgan fingerprint density at radius 3 is 2.60 bits per heavy atom. The number of carbonyl (C=O) groups is 1. The van der Waals surface area contributed by atoms with Gasteiger partial charge in [-0.3, -0.25) is 4.79 Å². The van der Waals surface area contributed by atoms with Crippen LogP contribution in [0.2, 0.25) is 0 Å². The van der Waals surface area contributed by atoms with Crippen molar-refractivity contribution in [2.24, 2.45) is 0 Å². The molecule has 5 heteroatoms. The largest absolute Gasteiger partial charge is 0.493 e. The van der Waals surface area contributed by atoms with Crippen LogP contribution in [0.3, 0.4) is 0 Å². The van der Waals surface area contributed by atoms with E-state index in [0.717, 1.165) is 41.1 Å². The third kappa shape index (κ3) is 6.50. The van der Waals surface area contributed by atoms with E-state index in [0.29, 0.717) is 31.9 Å². The average molecular weight is 470 g/mol. The highest BCUT2D eigenvalue weighted by Gasteiger charge is 2.12. The molecule has 4 aromatic rings. The number of hydrogen-bond acceptors (Lipinski definition) is 3. The number of ether oxygens (including phenoxy) is 1. The van der Waals surface area contributed by atoms with Gasteiger partial charge in [0.05, 0.1) is 24.1 Å². The maximum atomic E-state index is 12.3. The zero-order valence-corrected chi connectivity index (χ0v) is 21.0. The molecular weight excluding hydrogens is 434 g/mol. The highest BCUT2D eigenvalue weighted by Crippen LogP contribution is 2.27.